The van der Waals surface area contributed by atoms with Gasteiger partial charge in [-0.1, -0.05) is 0 Å². The molecule has 0 radical (unpaired) electrons. The number of rotatable bonds is 2. The van der Waals surface area contributed by atoms with Gasteiger partial charge in [0.15, 0.2) is 0 Å². The summed E-state index contributed by atoms with van der Waals surface area (Å²) in [7, 11) is 4.45. The standard InChI is InChI=1S/C13H28N4/c1-11-7-13(9-14,10-16(11)4)17-6-5-15(3)12(2)8-17/h11-12H,5-10,14H2,1-4H3. The Hall–Kier alpha value is -0.160. The van der Waals surface area contributed by atoms with Crippen molar-refractivity contribution in [2.75, 3.05) is 46.8 Å². The van der Waals surface area contributed by atoms with Crippen LogP contribution in [-0.2, 0) is 0 Å². The van der Waals surface area contributed by atoms with Gasteiger partial charge >= 0.3 is 0 Å². The monoisotopic (exact) mass is 240 g/mol. The molecule has 0 aromatic heterocycles. The van der Waals surface area contributed by atoms with Gasteiger partial charge in [0, 0.05) is 50.3 Å². The Balaban J connectivity index is 2.09. The van der Waals surface area contributed by atoms with Crippen molar-refractivity contribution >= 4 is 0 Å². The molecule has 2 aliphatic heterocycles. The second-order valence-corrected chi connectivity index (χ2v) is 6.17. The van der Waals surface area contributed by atoms with Crippen molar-refractivity contribution < 1.29 is 0 Å². The average molecular weight is 240 g/mol. The van der Waals surface area contributed by atoms with Gasteiger partial charge in [-0.2, -0.15) is 0 Å². The smallest absolute Gasteiger partial charge is 0.0474 e. The maximum atomic E-state index is 6.12. The molecule has 0 saturated carbocycles. The van der Waals surface area contributed by atoms with Crippen LogP contribution in [0.4, 0.5) is 0 Å². The third kappa shape index (κ3) is 2.36. The number of likely N-dealkylation sites (N-methyl/N-ethyl adjacent to an activating group) is 2. The van der Waals surface area contributed by atoms with Gasteiger partial charge in [-0.25, -0.2) is 0 Å². The van der Waals surface area contributed by atoms with E-state index in [1.165, 1.54) is 19.5 Å². The van der Waals surface area contributed by atoms with Gasteiger partial charge in [0.25, 0.3) is 0 Å². The van der Waals surface area contributed by atoms with Crippen LogP contribution in [0.3, 0.4) is 0 Å². The van der Waals surface area contributed by atoms with Crippen molar-refractivity contribution in [2.45, 2.75) is 37.9 Å². The predicted molar refractivity (Wildman–Crippen MR) is 72.2 cm³/mol. The van der Waals surface area contributed by atoms with E-state index in [1.807, 2.05) is 0 Å². The highest BCUT2D eigenvalue weighted by atomic mass is 15.3. The molecular formula is C13H28N4. The van der Waals surface area contributed by atoms with Gasteiger partial charge in [0.05, 0.1) is 0 Å². The average Bonchev–Trinajstić information content (AvgIpc) is 2.60. The molecule has 0 amide bonds. The summed E-state index contributed by atoms with van der Waals surface area (Å²) in [5.41, 5.74) is 6.35. The number of hydrogen-bond acceptors (Lipinski definition) is 4. The number of nitrogens with zero attached hydrogens (tertiary/aromatic N) is 3. The van der Waals surface area contributed by atoms with E-state index >= 15 is 0 Å². The first-order valence-electron chi connectivity index (χ1n) is 6.84. The molecule has 2 rings (SSSR count). The van der Waals surface area contributed by atoms with Crippen LogP contribution >= 0.6 is 0 Å². The summed E-state index contributed by atoms with van der Waals surface area (Å²) in [6, 6.07) is 1.31. The minimum Gasteiger partial charge on any atom is -0.329 e. The molecule has 2 aliphatic rings. The Morgan fingerprint density at radius 1 is 1.12 bits per heavy atom. The lowest BCUT2D eigenvalue weighted by atomic mass is 9.92. The van der Waals surface area contributed by atoms with Gasteiger partial charge in [0.1, 0.15) is 0 Å². The molecule has 2 N–H and O–H groups in total. The van der Waals surface area contributed by atoms with Crippen molar-refractivity contribution in [2.24, 2.45) is 5.73 Å². The molecule has 3 atom stereocenters. The van der Waals surface area contributed by atoms with E-state index in [4.69, 9.17) is 5.73 Å². The van der Waals surface area contributed by atoms with E-state index in [-0.39, 0.29) is 5.54 Å². The number of nitrogens with two attached hydrogens (primary N) is 1. The van der Waals surface area contributed by atoms with Gasteiger partial charge in [-0.05, 0) is 34.4 Å². The summed E-state index contributed by atoms with van der Waals surface area (Å²) in [6.45, 7) is 10.0. The summed E-state index contributed by atoms with van der Waals surface area (Å²) in [5, 5.41) is 0. The molecule has 0 bridgehead atoms. The fourth-order valence-electron chi connectivity index (χ4n) is 3.38. The van der Waals surface area contributed by atoms with Crippen LogP contribution in [0.1, 0.15) is 20.3 Å². The van der Waals surface area contributed by atoms with E-state index in [9.17, 15) is 0 Å². The lowest BCUT2D eigenvalue weighted by Crippen LogP contribution is -2.62. The number of hydrogen-bond donors (Lipinski definition) is 1. The third-order valence-electron chi connectivity index (χ3n) is 4.98. The molecule has 4 heteroatoms. The van der Waals surface area contributed by atoms with Crippen LogP contribution in [0.15, 0.2) is 0 Å². The molecule has 0 spiro atoms. The largest absolute Gasteiger partial charge is 0.329 e. The first kappa shape index (κ1) is 13.3. The van der Waals surface area contributed by atoms with Gasteiger partial charge in [0.2, 0.25) is 0 Å². The molecule has 2 saturated heterocycles. The van der Waals surface area contributed by atoms with E-state index in [1.54, 1.807) is 0 Å². The zero-order valence-corrected chi connectivity index (χ0v) is 11.8. The quantitative estimate of drug-likeness (QED) is 0.739. The van der Waals surface area contributed by atoms with Crippen molar-refractivity contribution in [3.8, 4) is 0 Å². The van der Waals surface area contributed by atoms with Gasteiger partial charge in [-0.15, -0.1) is 0 Å². The first-order chi connectivity index (χ1) is 7.98. The Labute approximate surface area is 106 Å². The van der Waals surface area contributed by atoms with Crippen LogP contribution < -0.4 is 5.73 Å². The second-order valence-electron chi connectivity index (χ2n) is 6.17. The summed E-state index contributed by atoms with van der Waals surface area (Å²) < 4.78 is 0. The Morgan fingerprint density at radius 2 is 1.82 bits per heavy atom. The lowest BCUT2D eigenvalue weighted by Gasteiger charge is -2.47. The SMILES string of the molecule is CC1CN(C2(CN)CC(C)N(C)C2)CCN1C. The third-order valence-corrected chi connectivity index (χ3v) is 4.98. The molecule has 3 unspecified atom stereocenters. The Morgan fingerprint density at radius 3 is 2.29 bits per heavy atom. The summed E-state index contributed by atoms with van der Waals surface area (Å²) in [6.07, 6.45) is 1.22. The molecule has 2 heterocycles. The second kappa shape index (κ2) is 4.84. The Bertz CT molecular complexity index is 258. The highest BCUT2D eigenvalue weighted by Crippen LogP contribution is 2.32. The van der Waals surface area contributed by atoms with Crippen molar-refractivity contribution in [3.05, 3.63) is 0 Å². The number of piperazine rings is 1. The van der Waals surface area contributed by atoms with Gasteiger partial charge in [-0.3, -0.25) is 4.90 Å². The van der Waals surface area contributed by atoms with Crippen LogP contribution in [-0.4, -0.2) is 79.1 Å². The fourth-order valence-corrected chi connectivity index (χ4v) is 3.38. The molecule has 0 aromatic rings. The van der Waals surface area contributed by atoms with Crippen molar-refractivity contribution in [1.29, 1.82) is 0 Å². The van der Waals surface area contributed by atoms with E-state index in [0.717, 1.165) is 19.6 Å². The summed E-state index contributed by atoms with van der Waals surface area (Å²) in [4.78, 5) is 7.55. The summed E-state index contributed by atoms with van der Waals surface area (Å²) >= 11 is 0. The topological polar surface area (TPSA) is 35.7 Å². The molecule has 2 fully saturated rings. The zero-order chi connectivity index (χ0) is 12.6. The number of likely N-dealkylation sites (tertiary alicyclic amines) is 1. The van der Waals surface area contributed by atoms with Crippen LogP contribution in [0.2, 0.25) is 0 Å². The van der Waals surface area contributed by atoms with E-state index in [2.05, 4.69) is 42.6 Å². The van der Waals surface area contributed by atoms with E-state index in [0.29, 0.717) is 12.1 Å². The Kier molecular flexibility index (Phi) is 3.78. The molecule has 17 heavy (non-hydrogen) atoms. The van der Waals surface area contributed by atoms with Crippen LogP contribution in [0, 0.1) is 0 Å². The molecule has 100 valence electrons. The normalized spacial score (nSPS) is 42.2. The van der Waals surface area contributed by atoms with Gasteiger partial charge < -0.3 is 15.5 Å². The highest BCUT2D eigenvalue weighted by molar-refractivity contribution is 5.04. The maximum Gasteiger partial charge on any atom is 0.0474 e. The van der Waals surface area contributed by atoms with Crippen LogP contribution in [0.5, 0.6) is 0 Å². The minimum absolute atomic E-state index is 0.226. The molecule has 4 nitrogen and oxygen atoms in total. The molecular weight excluding hydrogens is 212 g/mol. The fraction of sp³-hybridized carbons (Fsp3) is 1.00. The highest BCUT2D eigenvalue weighted by Gasteiger charge is 2.45. The first-order valence-corrected chi connectivity index (χ1v) is 6.84. The maximum absolute atomic E-state index is 6.12. The lowest BCUT2D eigenvalue weighted by molar-refractivity contribution is 0.0235. The van der Waals surface area contributed by atoms with Crippen LogP contribution in [0.25, 0.3) is 0 Å². The zero-order valence-electron chi connectivity index (χ0n) is 11.8. The van der Waals surface area contributed by atoms with Crippen molar-refractivity contribution in [1.82, 2.24) is 14.7 Å². The van der Waals surface area contributed by atoms with Crippen molar-refractivity contribution in [3.63, 3.8) is 0 Å². The minimum atomic E-state index is 0.226. The predicted octanol–water partition coefficient (Wildman–Crippen LogP) is 0.0438. The summed E-state index contributed by atoms with van der Waals surface area (Å²) in [5.74, 6) is 0. The van der Waals surface area contributed by atoms with E-state index < -0.39 is 0 Å². The molecule has 0 aromatic carbocycles. The molecule has 0 aliphatic carbocycles.